The second-order valence-corrected chi connectivity index (χ2v) is 5.57. The van der Waals surface area contributed by atoms with Crippen molar-refractivity contribution in [2.45, 2.75) is 13.1 Å². The molecule has 0 radical (unpaired) electrons. The minimum atomic E-state index is 0.566. The zero-order valence-electron chi connectivity index (χ0n) is 13.0. The average molecular weight is 308 g/mol. The van der Waals surface area contributed by atoms with Crippen LogP contribution in [0.2, 0.25) is 0 Å². The molecule has 0 amide bonds. The van der Waals surface area contributed by atoms with E-state index in [1.807, 2.05) is 0 Å². The quantitative estimate of drug-likeness (QED) is 0.919. The molecule has 1 aromatic heterocycles. The first-order chi connectivity index (χ1) is 11.3. The molecule has 0 atom stereocenters. The summed E-state index contributed by atoms with van der Waals surface area (Å²) in [6.07, 6.45) is 1.69. The molecule has 1 saturated heterocycles. The molecule has 0 unspecified atom stereocenters. The number of rotatable bonds is 5. The van der Waals surface area contributed by atoms with Crippen LogP contribution in [-0.2, 0) is 17.8 Å². The first-order valence-electron chi connectivity index (χ1n) is 7.82. The van der Waals surface area contributed by atoms with Crippen molar-refractivity contribution < 1.29 is 4.74 Å². The SMILES string of the molecule is N#Cc1cccnc1NCc1ccc(CN2CCOCC2)cc1. The number of pyridine rings is 1. The van der Waals surface area contributed by atoms with Crippen LogP contribution in [0.25, 0.3) is 0 Å². The maximum absolute atomic E-state index is 9.06. The molecule has 1 aromatic carbocycles. The van der Waals surface area contributed by atoms with Crippen molar-refractivity contribution in [1.29, 1.82) is 5.26 Å². The summed E-state index contributed by atoms with van der Waals surface area (Å²) in [7, 11) is 0. The molecular weight excluding hydrogens is 288 g/mol. The Morgan fingerprint density at radius 2 is 1.87 bits per heavy atom. The lowest BCUT2D eigenvalue weighted by atomic mass is 10.1. The Labute approximate surface area is 136 Å². The summed E-state index contributed by atoms with van der Waals surface area (Å²) < 4.78 is 5.37. The van der Waals surface area contributed by atoms with Crippen molar-refractivity contribution >= 4 is 5.82 Å². The van der Waals surface area contributed by atoms with Gasteiger partial charge in [-0.25, -0.2) is 4.98 Å². The Kier molecular flexibility index (Phi) is 5.20. The number of ether oxygens (including phenoxy) is 1. The highest BCUT2D eigenvalue weighted by atomic mass is 16.5. The fourth-order valence-electron chi connectivity index (χ4n) is 2.60. The summed E-state index contributed by atoms with van der Waals surface area (Å²) in [6.45, 7) is 5.28. The number of hydrogen-bond donors (Lipinski definition) is 1. The molecule has 5 heteroatoms. The molecule has 2 heterocycles. The van der Waals surface area contributed by atoms with Gasteiger partial charge in [-0.15, -0.1) is 0 Å². The van der Waals surface area contributed by atoms with Crippen LogP contribution in [0.3, 0.4) is 0 Å². The number of hydrogen-bond acceptors (Lipinski definition) is 5. The Hall–Kier alpha value is -2.42. The molecule has 0 saturated carbocycles. The molecule has 0 bridgehead atoms. The predicted molar refractivity (Wildman–Crippen MR) is 88.8 cm³/mol. The number of aromatic nitrogens is 1. The fraction of sp³-hybridized carbons (Fsp3) is 0.333. The molecule has 0 aliphatic carbocycles. The topological polar surface area (TPSA) is 61.2 Å². The summed E-state index contributed by atoms with van der Waals surface area (Å²) in [4.78, 5) is 6.61. The lowest BCUT2D eigenvalue weighted by Gasteiger charge is -2.26. The van der Waals surface area contributed by atoms with Crippen LogP contribution in [0.15, 0.2) is 42.6 Å². The fourth-order valence-corrected chi connectivity index (χ4v) is 2.60. The van der Waals surface area contributed by atoms with E-state index in [1.165, 1.54) is 11.1 Å². The van der Waals surface area contributed by atoms with Gasteiger partial charge in [-0.3, -0.25) is 4.90 Å². The predicted octanol–water partition coefficient (Wildman–Crippen LogP) is 2.40. The van der Waals surface area contributed by atoms with Gasteiger partial charge in [0.25, 0.3) is 0 Å². The van der Waals surface area contributed by atoms with Crippen LogP contribution >= 0.6 is 0 Å². The Morgan fingerprint density at radius 3 is 2.61 bits per heavy atom. The summed E-state index contributed by atoms with van der Waals surface area (Å²) in [5, 5.41) is 12.3. The van der Waals surface area contributed by atoms with Crippen LogP contribution in [-0.4, -0.2) is 36.2 Å². The van der Waals surface area contributed by atoms with Crippen molar-refractivity contribution in [3.05, 3.63) is 59.3 Å². The van der Waals surface area contributed by atoms with Crippen molar-refractivity contribution in [2.24, 2.45) is 0 Å². The molecular formula is C18H20N4O. The molecule has 118 valence electrons. The molecule has 1 aliphatic heterocycles. The minimum Gasteiger partial charge on any atom is -0.379 e. The standard InChI is InChI=1S/C18H20N4O/c19-12-17-2-1-7-20-18(17)21-13-15-3-5-16(6-4-15)14-22-8-10-23-11-9-22/h1-7H,8-11,13-14H2,(H,20,21). The van der Waals surface area contributed by atoms with Crippen LogP contribution in [0.5, 0.6) is 0 Å². The van der Waals surface area contributed by atoms with E-state index in [2.05, 4.69) is 45.5 Å². The van der Waals surface area contributed by atoms with Gasteiger partial charge in [0.15, 0.2) is 0 Å². The molecule has 0 spiro atoms. The van der Waals surface area contributed by atoms with Crippen LogP contribution < -0.4 is 5.32 Å². The van der Waals surface area contributed by atoms with Crippen molar-refractivity contribution in [2.75, 3.05) is 31.6 Å². The number of benzene rings is 1. The highest BCUT2D eigenvalue weighted by molar-refractivity contribution is 5.51. The number of nitrogens with zero attached hydrogens (tertiary/aromatic N) is 3. The second kappa shape index (κ2) is 7.73. The first kappa shape index (κ1) is 15.5. The van der Waals surface area contributed by atoms with E-state index in [0.29, 0.717) is 17.9 Å². The number of anilines is 1. The monoisotopic (exact) mass is 308 g/mol. The van der Waals surface area contributed by atoms with Gasteiger partial charge in [-0.2, -0.15) is 5.26 Å². The Morgan fingerprint density at radius 1 is 1.13 bits per heavy atom. The summed E-state index contributed by atoms with van der Waals surface area (Å²) in [5.41, 5.74) is 3.05. The summed E-state index contributed by atoms with van der Waals surface area (Å²) in [5.74, 6) is 0.632. The van der Waals surface area contributed by atoms with Gasteiger partial charge in [-0.1, -0.05) is 24.3 Å². The largest absolute Gasteiger partial charge is 0.379 e. The molecule has 3 rings (SSSR count). The average Bonchev–Trinajstić information content (AvgIpc) is 2.62. The van der Waals surface area contributed by atoms with Gasteiger partial charge in [0.1, 0.15) is 11.9 Å². The zero-order valence-corrected chi connectivity index (χ0v) is 13.0. The highest BCUT2D eigenvalue weighted by Crippen LogP contribution is 2.13. The van der Waals surface area contributed by atoms with E-state index in [9.17, 15) is 0 Å². The number of nitriles is 1. The third kappa shape index (κ3) is 4.28. The van der Waals surface area contributed by atoms with Gasteiger partial charge in [0, 0.05) is 32.4 Å². The summed E-state index contributed by atoms with van der Waals surface area (Å²) >= 11 is 0. The maximum atomic E-state index is 9.06. The molecule has 5 nitrogen and oxygen atoms in total. The molecule has 23 heavy (non-hydrogen) atoms. The molecule has 1 fully saturated rings. The Bertz CT molecular complexity index is 672. The van der Waals surface area contributed by atoms with E-state index < -0.39 is 0 Å². The van der Waals surface area contributed by atoms with Crippen molar-refractivity contribution in [3.8, 4) is 6.07 Å². The van der Waals surface area contributed by atoms with Gasteiger partial charge >= 0.3 is 0 Å². The number of morpholine rings is 1. The van der Waals surface area contributed by atoms with E-state index in [0.717, 1.165) is 32.8 Å². The molecule has 1 aliphatic rings. The lowest BCUT2D eigenvalue weighted by molar-refractivity contribution is 0.0342. The minimum absolute atomic E-state index is 0.566. The van der Waals surface area contributed by atoms with E-state index in [4.69, 9.17) is 10.00 Å². The van der Waals surface area contributed by atoms with Gasteiger partial charge in [0.05, 0.1) is 18.8 Å². The molecule has 2 aromatic rings. The third-order valence-electron chi connectivity index (χ3n) is 3.92. The van der Waals surface area contributed by atoms with E-state index in [-0.39, 0.29) is 0 Å². The molecule has 1 N–H and O–H groups in total. The second-order valence-electron chi connectivity index (χ2n) is 5.57. The Balaban J connectivity index is 1.56. The third-order valence-corrected chi connectivity index (χ3v) is 3.92. The smallest absolute Gasteiger partial charge is 0.144 e. The zero-order chi connectivity index (χ0) is 15.9. The maximum Gasteiger partial charge on any atom is 0.144 e. The van der Waals surface area contributed by atoms with E-state index in [1.54, 1.807) is 18.3 Å². The number of nitrogens with one attached hydrogen (secondary N) is 1. The summed E-state index contributed by atoms with van der Waals surface area (Å²) in [6, 6.07) is 14.2. The van der Waals surface area contributed by atoms with Crippen LogP contribution in [0, 0.1) is 11.3 Å². The van der Waals surface area contributed by atoms with E-state index >= 15 is 0 Å². The first-order valence-corrected chi connectivity index (χ1v) is 7.82. The van der Waals surface area contributed by atoms with Gasteiger partial charge < -0.3 is 10.1 Å². The van der Waals surface area contributed by atoms with Crippen LogP contribution in [0.4, 0.5) is 5.82 Å². The lowest BCUT2D eigenvalue weighted by Crippen LogP contribution is -2.35. The van der Waals surface area contributed by atoms with Crippen molar-refractivity contribution in [1.82, 2.24) is 9.88 Å². The van der Waals surface area contributed by atoms with Gasteiger partial charge in [-0.05, 0) is 23.3 Å². The highest BCUT2D eigenvalue weighted by Gasteiger charge is 2.10. The van der Waals surface area contributed by atoms with Crippen LogP contribution in [0.1, 0.15) is 16.7 Å². The normalized spacial score (nSPS) is 15.1. The van der Waals surface area contributed by atoms with Crippen molar-refractivity contribution in [3.63, 3.8) is 0 Å². The van der Waals surface area contributed by atoms with Gasteiger partial charge in [0.2, 0.25) is 0 Å².